The third-order valence-corrected chi connectivity index (χ3v) is 3.58. The number of amides is 1. The largest absolute Gasteiger partial charge is 0.467 e. The van der Waals surface area contributed by atoms with Gasteiger partial charge in [-0.2, -0.15) is 26.3 Å². The highest BCUT2D eigenvalue weighted by Crippen LogP contribution is 2.36. The van der Waals surface area contributed by atoms with Crippen molar-refractivity contribution in [3.8, 4) is 0 Å². The van der Waals surface area contributed by atoms with Crippen LogP contribution in [0.2, 0.25) is 0 Å². The van der Waals surface area contributed by atoms with Crippen LogP contribution < -0.4 is 5.32 Å². The van der Waals surface area contributed by atoms with Gasteiger partial charge in [0.2, 0.25) is 5.91 Å². The Morgan fingerprint density at radius 1 is 1.11 bits per heavy atom. The van der Waals surface area contributed by atoms with E-state index in [9.17, 15) is 35.9 Å². The number of rotatable bonds is 6. The minimum atomic E-state index is -5.02. The predicted octanol–water partition coefficient (Wildman–Crippen LogP) is 4.22. The lowest BCUT2D eigenvalue weighted by Gasteiger charge is -2.17. The van der Waals surface area contributed by atoms with E-state index < -0.39 is 53.4 Å². The van der Waals surface area contributed by atoms with Crippen molar-refractivity contribution in [2.24, 2.45) is 0 Å². The fraction of sp³-hybridized carbons (Fsp3) is 0.375. The molecule has 0 heterocycles. The number of carbonyl (C=O) groups is 2. The van der Waals surface area contributed by atoms with Gasteiger partial charge in [-0.15, -0.1) is 0 Å². The number of halogens is 7. The van der Waals surface area contributed by atoms with Gasteiger partial charge in [-0.1, -0.05) is 22.5 Å². The van der Waals surface area contributed by atoms with Gasteiger partial charge < -0.3 is 10.1 Å². The van der Waals surface area contributed by atoms with E-state index >= 15 is 0 Å². The van der Waals surface area contributed by atoms with Crippen molar-refractivity contribution in [2.75, 3.05) is 7.11 Å². The molecule has 0 aliphatic rings. The molecule has 1 amide bonds. The van der Waals surface area contributed by atoms with Crippen molar-refractivity contribution in [3.63, 3.8) is 0 Å². The van der Waals surface area contributed by atoms with Gasteiger partial charge in [0.15, 0.2) is 0 Å². The fourth-order valence-corrected chi connectivity index (χ4v) is 2.43. The molecule has 0 aliphatic carbocycles. The second kappa shape index (κ2) is 8.77. The van der Waals surface area contributed by atoms with Crippen LogP contribution in [0.4, 0.5) is 26.3 Å². The Balaban J connectivity index is 3.10. The summed E-state index contributed by atoms with van der Waals surface area (Å²) < 4.78 is 81.8. The van der Waals surface area contributed by atoms with Crippen molar-refractivity contribution in [3.05, 3.63) is 46.0 Å². The molecule has 0 aliphatic heterocycles. The lowest BCUT2D eigenvalue weighted by molar-refractivity contribution is -0.145. The van der Waals surface area contributed by atoms with E-state index in [0.29, 0.717) is 16.6 Å². The van der Waals surface area contributed by atoms with Gasteiger partial charge in [0.25, 0.3) is 0 Å². The number of carbonyl (C=O) groups excluding carboxylic acids is 2. The summed E-state index contributed by atoms with van der Waals surface area (Å²) in [6.07, 6.45) is -10.9. The molecule has 1 atom stereocenters. The van der Waals surface area contributed by atoms with Gasteiger partial charge in [0.05, 0.1) is 24.7 Å². The van der Waals surface area contributed by atoms with Crippen molar-refractivity contribution in [1.29, 1.82) is 0 Å². The molecular formula is C16H14BrF6NO3. The number of nitrogens with one attached hydrogen (secondary N) is 1. The maximum Gasteiger partial charge on any atom is 0.416 e. The highest BCUT2D eigenvalue weighted by Gasteiger charge is 2.37. The van der Waals surface area contributed by atoms with E-state index in [0.717, 1.165) is 7.11 Å². The molecule has 1 aromatic carbocycles. The second-order valence-corrected chi connectivity index (χ2v) is 6.58. The Morgan fingerprint density at radius 2 is 1.59 bits per heavy atom. The predicted molar refractivity (Wildman–Crippen MR) is 86.8 cm³/mol. The molecule has 0 saturated heterocycles. The van der Waals surface area contributed by atoms with Crippen molar-refractivity contribution < 1.29 is 40.7 Å². The third kappa shape index (κ3) is 7.24. The summed E-state index contributed by atoms with van der Waals surface area (Å²) >= 11 is 2.99. The Hall–Kier alpha value is -2.04. The molecule has 1 aromatic rings. The molecule has 0 radical (unpaired) electrons. The molecule has 27 heavy (non-hydrogen) atoms. The molecule has 0 saturated carbocycles. The summed E-state index contributed by atoms with van der Waals surface area (Å²) in [5.74, 6) is -1.80. The number of hydrogen-bond donors (Lipinski definition) is 1. The topological polar surface area (TPSA) is 55.4 Å². The number of methoxy groups -OCH3 is 1. The average molecular weight is 462 g/mol. The standard InChI is InChI=1S/C16H14BrF6NO3/c1-8(17)3-12(14(26)27-2)24-13(25)6-9-4-10(15(18,19)20)7-11(5-9)16(21,22)23/h4-5,7,12H,1,3,6H2,2H3,(H,24,25)/t12-/m1/s1. The summed E-state index contributed by atoms with van der Waals surface area (Å²) in [6.45, 7) is 3.49. The van der Waals surface area contributed by atoms with E-state index in [1.807, 2.05) is 0 Å². The van der Waals surface area contributed by atoms with Gasteiger partial charge >= 0.3 is 18.3 Å². The molecule has 1 rings (SSSR count). The number of benzene rings is 1. The van der Waals surface area contributed by atoms with Gasteiger partial charge in [-0.05, 0) is 28.2 Å². The first-order chi connectivity index (χ1) is 12.2. The number of hydrogen-bond acceptors (Lipinski definition) is 3. The monoisotopic (exact) mass is 461 g/mol. The first kappa shape index (κ1) is 23.0. The number of alkyl halides is 6. The second-order valence-electron chi connectivity index (χ2n) is 5.46. The normalized spacial score (nSPS) is 13.0. The van der Waals surface area contributed by atoms with E-state index in [2.05, 4.69) is 32.6 Å². The highest BCUT2D eigenvalue weighted by molar-refractivity contribution is 9.11. The molecule has 0 bridgehead atoms. The Labute approximate surface area is 158 Å². The van der Waals surface area contributed by atoms with Gasteiger partial charge in [-0.3, -0.25) is 4.79 Å². The van der Waals surface area contributed by atoms with Crippen molar-refractivity contribution >= 4 is 27.8 Å². The van der Waals surface area contributed by atoms with E-state index in [4.69, 9.17) is 0 Å². The smallest absolute Gasteiger partial charge is 0.416 e. The molecule has 150 valence electrons. The zero-order valence-corrected chi connectivity index (χ0v) is 15.4. The van der Waals surface area contributed by atoms with Gasteiger partial charge in [0.1, 0.15) is 6.04 Å². The minimum Gasteiger partial charge on any atom is -0.467 e. The molecule has 0 fully saturated rings. The first-order valence-corrected chi connectivity index (χ1v) is 8.02. The Morgan fingerprint density at radius 3 is 1.96 bits per heavy atom. The quantitative estimate of drug-likeness (QED) is 0.509. The van der Waals surface area contributed by atoms with Crippen LogP contribution in [-0.2, 0) is 33.1 Å². The van der Waals surface area contributed by atoms with Crippen LogP contribution >= 0.6 is 15.9 Å². The average Bonchev–Trinajstić information content (AvgIpc) is 2.50. The highest BCUT2D eigenvalue weighted by atomic mass is 79.9. The zero-order chi connectivity index (χ0) is 21.0. The van der Waals surface area contributed by atoms with Crippen molar-refractivity contribution in [1.82, 2.24) is 5.32 Å². The molecular weight excluding hydrogens is 448 g/mol. The van der Waals surface area contributed by atoms with Crippen LogP contribution in [0.5, 0.6) is 0 Å². The van der Waals surface area contributed by atoms with Crippen LogP contribution in [0.25, 0.3) is 0 Å². The SMILES string of the molecule is C=C(Br)C[C@@H](NC(=O)Cc1cc(C(F)(F)F)cc(C(F)(F)F)c1)C(=O)OC. The van der Waals surface area contributed by atoms with Gasteiger partial charge in [-0.25, -0.2) is 4.79 Å². The summed E-state index contributed by atoms with van der Waals surface area (Å²) in [7, 11) is 1.06. The van der Waals surface area contributed by atoms with E-state index in [1.54, 1.807) is 0 Å². The van der Waals surface area contributed by atoms with Crippen LogP contribution in [0.1, 0.15) is 23.1 Å². The molecule has 0 aromatic heterocycles. The van der Waals surface area contributed by atoms with Crippen molar-refractivity contribution in [2.45, 2.75) is 31.2 Å². The lowest BCUT2D eigenvalue weighted by Crippen LogP contribution is -2.42. The summed E-state index contributed by atoms with van der Waals surface area (Å²) in [5, 5.41) is 2.20. The van der Waals surface area contributed by atoms with E-state index in [-0.39, 0.29) is 12.5 Å². The number of ether oxygens (including phenoxy) is 1. The van der Waals surface area contributed by atoms with Crippen LogP contribution in [0.15, 0.2) is 29.3 Å². The molecule has 1 N–H and O–H groups in total. The van der Waals surface area contributed by atoms with Gasteiger partial charge in [0, 0.05) is 6.42 Å². The molecule has 0 unspecified atom stereocenters. The zero-order valence-electron chi connectivity index (χ0n) is 13.8. The van der Waals surface area contributed by atoms with Crippen LogP contribution in [0.3, 0.4) is 0 Å². The van der Waals surface area contributed by atoms with Crippen LogP contribution in [0, 0.1) is 0 Å². The molecule has 11 heteroatoms. The Kier molecular flexibility index (Phi) is 7.47. The number of esters is 1. The van der Waals surface area contributed by atoms with Crippen LogP contribution in [-0.4, -0.2) is 25.0 Å². The Bertz CT molecular complexity index is 698. The fourth-order valence-electron chi connectivity index (χ4n) is 2.11. The summed E-state index contributed by atoms with van der Waals surface area (Å²) in [4.78, 5) is 23.6. The molecule has 0 spiro atoms. The third-order valence-electron chi connectivity index (χ3n) is 3.26. The summed E-state index contributed by atoms with van der Waals surface area (Å²) in [5.41, 5.74) is -3.56. The maximum atomic E-state index is 12.8. The van der Waals surface area contributed by atoms with E-state index in [1.165, 1.54) is 0 Å². The summed E-state index contributed by atoms with van der Waals surface area (Å²) in [6, 6.07) is -0.327. The maximum absolute atomic E-state index is 12.8. The first-order valence-electron chi connectivity index (χ1n) is 7.23. The lowest BCUT2D eigenvalue weighted by atomic mass is 10.0. The molecule has 4 nitrogen and oxygen atoms in total. The minimum absolute atomic E-state index is 0.0342.